The van der Waals surface area contributed by atoms with E-state index in [4.69, 9.17) is 9.72 Å². The van der Waals surface area contributed by atoms with Crippen LogP contribution in [0.4, 0.5) is 9.93 Å². The molecule has 3 aliphatic heterocycles. The summed E-state index contributed by atoms with van der Waals surface area (Å²) < 4.78 is 34.9. The number of amides is 4. The number of nitrogens with zero attached hydrogens (tertiary/aromatic N) is 4. The van der Waals surface area contributed by atoms with Crippen LogP contribution in [0.2, 0.25) is 0 Å². The van der Waals surface area contributed by atoms with Crippen molar-refractivity contribution in [2.45, 2.75) is 107 Å². The van der Waals surface area contributed by atoms with Gasteiger partial charge in [0.1, 0.15) is 18.2 Å². The second kappa shape index (κ2) is 16.2. The molecule has 0 unspecified atom stereocenters. The smallest absolute Gasteiger partial charge is 0.544 e. The minimum Gasteiger partial charge on any atom is -0.544 e. The number of hydrogen-bond donors (Lipinski definition) is 2. The summed E-state index contributed by atoms with van der Waals surface area (Å²) in [5, 5.41) is 8.04. The Balaban J connectivity index is 0.00000481. The molecule has 4 amide bonds. The normalized spacial score (nSPS) is 28.1. The number of fused-ring (bicyclic) bond motifs is 5. The van der Waals surface area contributed by atoms with E-state index in [1.165, 1.54) is 22.3 Å². The van der Waals surface area contributed by atoms with Crippen molar-refractivity contribution in [1.82, 2.24) is 20.1 Å². The number of thiazole rings is 1. The van der Waals surface area contributed by atoms with Crippen LogP contribution in [-0.2, 0) is 48.7 Å². The summed E-state index contributed by atoms with van der Waals surface area (Å²) in [6.45, 7) is 8.41. The topological polar surface area (TPSA) is 169 Å². The minimum absolute atomic E-state index is 0. The summed E-state index contributed by atoms with van der Waals surface area (Å²) in [6, 6.07) is 4.16. The van der Waals surface area contributed by atoms with Crippen molar-refractivity contribution in [2.24, 2.45) is 11.8 Å². The fourth-order valence-electron chi connectivity index (χ4n) is 7.38. The van der Waals surface area contributed by atoms with Crippen LogP contribution in [-0.4, -0.2) is 82.5 Å². The molecule has 1 aromatic carbocycles. The third-order valence-electron chi connectivity index (χ3n) is 11.0. The maximum Gasteiger partial charge on any atom is 1.00 e. The van der Waals surface area contributed by atoms with E-state index in [0.717, 1.165) is 41.6 Å². The first kappa shape index (κ1) is 40.1. The van der Waals surface area contributed by atoms with Crippen LogP contribution < -0.4 is 62.0 Å². The average molecular weight is 789 g/mol. The number of carbonyl (C=O) groups excluding carboxylic acids is 4. The molecule has 3 fully saturated rings. The number of rotatable bonds is 8. The molecule has 1 aromatic heterocycles. The molecular weight excluding hydrogens is 744 g/mol. The predicted octanol–water partition coefficient (Wildman–Crippen LogP) is 1.90. The molecule has 278 valence electrons. The molecular formula is C37H45KN6O7S2. The Morgan fingerprint density at radius 3 is 2.77 bits per heavy atom. The zero-order valence-electron chi connectivity index (χ0n) is 30.5. The number of anilines is 1. The van der Waals surface area contributed by atoms with E-state index in [1.54, 1.807) is 4.90 Å². The Morgan fingerprint density at radius 1 is 1.26 bits per heavy atom. The van der Waals surface area contributed by atoms with Crippen LogP contribution in [0.3, 0.4) is 0 Å². The van der Waals surface area contributed by atoms with E-state index in [1.807, 2.05) is 37.4 Å². The maximum atomic E-state index is 14.6. The van der Waals surface area contributed by atoms with Crippen molar-refractivity contribution in [3.05, 3.63) is 69.4 Å². The SMILES string of the molecule is C=C[C@@H]1C[C@]1(NC(=O)[C@@H]1C[C@@H]2CN1C(=O)[C@H]([C@@H](C)CC)Nc1nc(cs1)CCC/C=C/c1cccc3c1CN(C3)C(=O)O2)C(=O)[N-]S(=O)(=O)C1CC1.[K+]. The Morgan fingerprint density at radius 2 is 2.06 bits per heavy atom. The van der Waals surface area contributed by atoms with Gasteiger partial charge in [0.2, 0.25) is 11.8 Å². The Bertz CT molecular complexity index is 1920. The predicted molar refractivity (Wildman–Crippen MR) is 197 cm³/mol. The van der Waals surface area contributed by atoms with Gasteiger partial charge in [0.15, 0.2) is 5.13 Å². The van der Waals surface area contributed by atoms with Gasteiger partial charge in [0.25, 0.3) is 0 Å². The first-order chi connectivity index (χ1) is 24.9. The largest absolute Gasteiger partial charge is 1.00 e. The van der Waals surface area contributed by atoms with E-state index in [-0.39, 0.29) is 82.6 Å². The van der Waals surface area contributed by atoms with Crippen LogP contribution in [0.1, 0.15) is 81.2 Å². The molecule has 1 saturated heterocycles. The van der Waals surface area contributed by atoms with Gasteiger partial charge in [-0.15, -0.1) is 17.9 Å². The molecule has 5 aliphatic rings. The molecule has 6 atom stereocenters. The first-order valence-electron chi connectivity index (χ1n) is 18.1. The fourth-order valence-corrected chi connectivity index (χ4v) is 9.43. The average Bonchev–Trinajstić information content (AvgIpc) is 3.94. The molecule has 4 heterocycles. The fraction of sp³-hybridized carbons (Fsp3) is 0.541. The zero-order valence-corrected chi connectivity index (χ0v) is 35.2. The van der Waals surface area contributed by atoms with Crippen molar-refractivity contribution in [3.63, 3.8) is 0 Å². The van der Waals surface area contributed by atoms with E-state index in [2.05, 4.69) is 34.1 Å². The van der Waals surface area contributed by atoms with Gasteiger partial charge >= 0.3 is 57.5 Å². The van der Waals surface area contributed by atoms with E-state index < -0.39 is 62.8 Å². The van der Waals surface area contributed by atoms with Crippen LogP contribution in [0.5, 0.6) is 0 Å². The summed E-state index contributed by atoms with van der Waals surface area (Å²) >= 11 is 1.42. The summed E-state index contributed by atoms with van der Waals surface area (Å²) in [4.78, 5) is 63.7. The summed E-state index contributed by atoms with van der Waals surface area (Å²) in [5.74, 6) is -2.63. The van der Waals surface area contributed by atoms with Crippen LogP contribution >= 0.6 is 11.3 Å². The van der Waals surface area contributed by atoms with Gasteiger partial charge in [-0.3, -0.25) is 14.5 Å². The Kier molecular flexibility index (Phi) is 12.3. The van der Waals surface area contributed by atoms with Gasteiger partial charge < -0.3 is 29.8 Å². The monoisotopic (exact) mass is 788 g/mol. The molecule has 53 heavy (non-hydrogen) atoms. The number of allylic oxidation sites excluding steroid dienone is 1. The molecule has 6 bridgehead atoms. The van der Waals surface area contributed by atoms with Crippen LogP contribution in [0, 0.1) is 11.8 Å². The van der Waals surface area contributed by atoms with E-state index >= 15 is 0 Å². The standard InChI is InChI=1S/C37H46N6O7S2.K/c1-4-22(3)31-33(45)43-19-27(16-30(43)32(44)40-37(17-25(37)5-2)34(46)41-52(48,49)28-14-15-28)50-36(47)42-18-24-12-9-11-23(29(24)20-42)10-7-6-8-13-26-21-51-35(38-26)39-31;/h5,7,9-12,21-22,25,27-28,30-31H,2,4,6,8,13-20H2,1,3H3,(H3,38,39,40,41,44,46);/q;+1/p-1/b10-7+;/t22-,25+,27+,30-,31-,37+;/m0./s1. The molecule has 2 N–H and O–H groups in total. The van der Waals surface area contributed by atoms with Crippen molar-refractivity contribution in [3.8, 4) is 0 Å². The number of aromatic nitrogens is 1. The molecule has 2 aliphatic carbocycles. The molecule has 16 heteroatoms. The van der Waals surface area contributed by atoms with Crippen molar-refractivity contribution in [1.29, 1.82) is 0 Å². The van der Waals surface area contributed by atoms with Gasteiger partial charge in [0, 0.05) is 29.5 Å². The third-order valence-corrected chi connectivity index (χ3v) is 13.5. The molecule has 7 rings (SSSR count). The Hall–Kier alpha value is -2.60. The summed E-state index contributed by atoms with van der Waals surface area (Å²) in [7, 11) is -4.00. The number of hydrogen-bond acceptors (Lipinski definition) is 10. The van der Waals surface area contributed by atoms with E-state index in [0.29, 0.717) is 37.5 Å². The third kappa shape index (κ3) is 8.48. The Labute approximate surface area is 357 Å². The van der Waals surface area contributed by atoms with Crippen LogP contribution in [0.15, 0.2) is 42.3 Å². The molecule has 2 saturated carbocycles. The van der Waals surface area contributed by atoms with Gasteiger partial charge in [-0.2, -0.15) is 0 Å². The minimum atomic E-state index is -4.00. The van der Waals surface area contributed by atoms with Crippen molar-refractivity contribution in [2.75, 3.05) is 11.9 Å². The second-order valence-electron chi connectivity index (χ2n) is 14.7. The summed E-state index contributed by atoms with van der Waals surface area (Å²) in [5.41, 5.74) is 2.49. The van der Waals surface area contributed by atoms with Crippen molar-refractivity contribution >= 4 is 56.4 Å². The van der Waals surface area contributed by atoms with E-state index in [9.17, 15) is 27.6 Å². The number of nitrogens with one attached hydrogen (secondary N) is 2. The van der Waals surface area contributed by atoms with Crippen molar-refractivity contribution < 1.29 is 83.7 Å². The molecule has 0 radical (unpaired) electrons. The van der Waals surface area contributed by atoms with Crippen LogP contribution in [0.25, 0.3) is 10.8 Å². The molecule has 13 nitrogen and oxygen atoms in total. The van der Waals surface area contributed by atoms with Gasteiger partial charge in [-0.05, 0) is 61.1 Å². The van der Waals surface area contributed by atoms with Gasteiger partial charge in [-0.25, -0.2) is 18.2 Å². The number of ether oxygens (including phenoxy) is 1. The second-order valence-corrected chi connectivity index (χ2v) is 17.4. The maximum absolute atomic E-state index is 14.6. The number of aryl methyl sites for hydroxylation is 1. The van der Waals surface area contributed by atoms with Gasteiger partial charge in [-0.1, -0.05) is 56.7 Å². The quantitative estimate of drug-likeness (QED) is 0.300. The zero-order chi connectivity index (χ0) is 36.8. The number of carbonyl (C=O) groups is 4. The van der Waals surface area contributed by atoms with Gasteiger partial charge in [0.05, 0.1) is 40.3 Å². The first-order valence-corrected chi connectivity index (χ1v) is 20.5. The molecule has 0 spiro atoms. The summed E-state index contributed by atoms with van der Waals surface area (Å²) in [6.07, 6.45) is 8.58. The number of benzene rings is 1. The number of sulfonamides is 1. The molecule has 2 aromatic rings.